The Hall–Kier alpha value is -2.26. The molecule has 1 aliphatic heterocycles. The zero-order chi connectivity index (χ0) is 22.6. The Balaban J connectivity index is 1.70. The van der Waals surface area contributed by atoms with Crippen molar-refractivity contribution < 1.29 is 4.79 Å². The minimum absolute atomic E-state index is 0.172. The molecule has 0 radical (unpaired) electrons. The molecule has 0 spiro atoms. The van der Waals surface area contributed by atoms with Gasteiger partial charge in [0.2, 0.25) is 4.96 Å². The molecule has 10 heteroatoms. The predicted octanol–water partition coefficient (Wildman–Crippen LogP) is 4.95. The van der Waals surface area contributed by atoms with Crippen LogP contribution in [0.3, 0.4) is 0 Å². The fourth-order valence-electron chi connectivity index (χ4n) is 3.73. The summed E-state index contributed by atoms with van der Waals surface area (Å²) >= 11 is 16.9. The van der Waals surface area contributed by atoms with Crippen LogP contribution in [-0.4, -0.2) is 27.0 Å². The maximum Gasteiger partial charge on any atom is 0.291 e. The third-order valence-corrected chi connectivity index (χ3v) is 7.34. The SMILES string of the molecule is CCCCN1C(=O)/C(=c2\sc3nc(-c4ccc(Cl)cc4Cl)nn3c2=O)c2cc(Br)ccc21. The van der Waals surface area contributed by atoms with E-state index in [1.807, 2.05) is 18.2 Å². The number of carbonyl (C=O) groups excluding carboxylic acids is 1. The molecule has 2 aromatic carbocycles. The molecular formula is C22H15BrCl2N4O2S. The monoisotopic (exact) mass is 548 g/mol. The lowest BCUT2D eigenvalue weighted by Crippen LogP contribution is -2.33. The van der Waals surface area contributed by atoms with Crippen molar-refractivity contribution in [2.45, 2.75) is 19.8 Å². The van der Waals surface area contributed by atoms with E-state index in [9.17, 15) is 9.59 Å². The van der Waals surface area contributed by atoms with Gasteiger partial charge in [-0.1, -0.05) is 63.8 Å². The number of hydrogen-bond donors (Lipinski definition) is 0. The topological polar surface area (TPSA) is 67.6 Å². The third-order valence-electron chi connectivity index (χ3n) is 5.27. The highest BCUT2D eigenvalue weighted by Crippen LogP contribution is 2.37. The van der Waals surface area contributed by atoms with Gasteiger partial charge in [0.25, 0.3) is 11.5 Å². The summed E-state index contributed by atoms with van der Waals surface area (Å²) in [5.41, 5.74) is 2.15. The first kappa shape index (κ1) is 21.6. The molecular weight excluding hydrogens is 535 g/mol. The van der Waals surface area contributed by atoms with E-state index < -0.39 is 0 Å². The van der Waals surface area contributed by atoms with E-state index in [-0.39, 0.29) is 11.5 Å². The molecule has 0 unspecified atom stereocenters. The normalized spacial score (nSPS) is 15.1. The van der Waals surface area contributed by atoms with E-state index in [1.165, 1.54) is 4.52 Å². The van der Waals surface area contributed by atoms with Crippen molar-refractivity contribution >= 4 is 72.6 Å². The quantitative estimate of drug-likeness (QED) is 0.361. The number of thiazole rings is 1. The number of hydrogen-bond acceptors (Lipinski definition) is 5. The molecule has 0 bridgehead atoms. The lowest BCUT2D eigenvalue weighted by Gasteiger charge is -2.16. The third kappa shape index (κ3) is 3.46. The molecule has 162 valence electrons. The first-order chi connectivity index (χ1) is 15.4. The van der Waals surface area contributed by atoms with Gasteiger partial charge in [-0.05, 0) is 42.8 Å². The standard InChI is InChI=1S/C22H15BrCl2N4O2S/c1-2-3-8-28-16-7-4-11(23)9-14(16)17(20(28)30)18-21(31)29-22(32-18)26-19(27-29)13-6-5-12(24)10-15(13)25/h4-7,9-10H,2-3,8H2,1H3/b18-17-. The van der Waals surface area contributed by atoms with E-state index >= 15 is 0 Å². The summed E-state index contributed by atoms with van der Waals surface area (Å²) in [7, 11) is 0. The van der Waals surface area contributed by atoms with Crippen LogP contribution in [0.1, 0.15) is 25.3 Å². The minimum atomic E-state index is -0.375. The molecule has 0 fully saturated rings. The smallest absolute Gasteiger partial charge is 0.291 e. The van der Waals surface area contributed by atoms with Gasteiger partial charge in [0.15, 0.2) is 5.82 Å². The Bertz CT molecular complexity index is 1510. The molecule has 5 rings (SSSR count). The van der Waals surface area contributed by atoms with E-state index in [1.54, 1.807) is 23.1 Å². The molecule has 0 atom stereocenters. The Morgan fingerprint density at radius 1 is 1.09 bits per heavy atom. The summed E-state index contributed by atoms with van der Waals surface area (Å²) in [4.78, 5) is 33.3. The number of rotatable bonds is 4. The lowest BCUT2D eigenvalue weighted by molar-refractivity contribution is -0.113. The van der Waals surface area contributed by atoms with Crippen molar-refractivity contribution in [2.24, 2.45) is 0 Å². The molecule has 1 amide bonds. The fourth-order valence-corrected chi connectivity index (χ4v) is 5.58. The lowest BCUT2D eigenvalue weighted by atomic mass is 10.1. The summed E-state index contributed by atoms with van der Waals surface area (Å²) in [6.07, 6.45) is 1.84. The molecule has 3 heterocycles. The average molecular weight is 550 g/mol. The van der Waals surface area contributed by atoms with Gasteiger partial charge in [0, 0.05) is 27.2 Å². The summed E-state index contributed by atoms with van der Waals surface area (Å²) in [6.45, 7) is 2.68. The van der Waals surface area contributed by atoms with Crippen LogP contribution >= 0.6 is 50.5 Å². The molecule has 0 saturated heterocycles. The van der Waals surface area contributed by atoms with Crippen LogP contribution in [0.15, 0.2) is 45.7 Å². The number of benzene rings is 2. The van der Waals surface area contributed by atoms with E-state index in [0.717, 1.165) is 39.9 Å². The number of unbranched alkanes of at least 4 members (excludes halogenated alkanes) is 1. The van der Waals surface area contributed by atoms with Crippen LogP contribution in [0.2, 0.25) is 10.0 Å². The number of carbonyl (C=O) groups is 1. The maximum atomic E-state index is 13.4. The van der Waals surface area contributed by atoms with Gasteiger partial charge >= 0.3 is 0 Å². The van der Waals surface area contributed by atoms with E-state index in [2.05, 4.69) is 32.9 Å². The first-order valence-corrected chi connectivity index (χ1v) is 12.3. The maximum absolute atomic E-state index is 13.4. The summed E-state index contributed by atoms with van der Waals surface area (Å²) < 4.78 is 2.40. The average Bonchev–Trinajstić information content (AvgIpc) is 3.37. The zero-order valence-corrected chi connectivity index (χ0v) is 20.6. The van der Waals surface area contributed by atoms with Gasteiger partial charge in [-0.2, -0.15) is 9.50 Å². The second-order valence-corrected chi connectivity index (χ2v) is 10.1. The number of amides is 1. The highest BCUT2D eigenvalue weighted by Gasteiger charge is 2.34. The molecule has 0 aliphatic carbocycles. The molecule has 0 N–H and O–H groups in total. The predicted molar refractivity (Wildman–Crippen MR) is 132 cm³/mol. The van der Waals surface area contributed by atoms with Crippen molar-refractivity contribution in [3.63, 3.8) is 0 Å². The number of aromatic nitrogens is 3. The van der Waals surface area contributed by atoms with Gasteiger partial charge in [-0.3, -0.25) is 9.59 Å². The fraction of sp³-hybridized carbons (Fsp3) is 0.182. The number of fused-ring (bicyclic) bond motifs is 2. The van der Waals surface area contributed by atoms with Crippen molar-refractivity contribution in [2.75, 3.05) is 11.4 Å². The first-order valence-electron chi connectivity index (χ1n) is 9.90. The highest BCUT2D eigenvalue weighted by atomic mass is 79.9. The van der Waals surface area contributed by atoms with Crippen LogP contribution in [0, 0.1) is 0 Å². The Morgan fingerprint density at radius 3 is 2.62 bits per heavy atom. The van der Waals surface area contributed by atoms with Crippen LogP contribution in [-0.2, 0) is 4.79 Å². The highest BCUT2D eigenvalue weighted by molar-refractivity contribution is 9.10. The number of nitrogens with zero attached hydrogens (tertiary/aromatic N) is 4. The van der Waals surface area contributed by atoms with Gasteiger partial charge in [0.1, 0.15) is 4.53 Å². The van der Waals surface area contributed by atoms with Gasteiger partial charge in [-0.15, -0.1) is 5.10 Å². The zero-order valence-electron chi connectivity index (χ0n) is 16.7. The van der Waals surface area contributed by atoms with E-state index in [4.69, 9.17) is 23.2 Å². The number of halogens is 3. The summed E-state index contributed by atoms with van der Waals surface area (Å²) in [5, 5.41) is 5.26. The van der Waals surface area contributed by atoms with Gasteiger partial charge in [0.05, 0.1) is 16.3 Å². The Labute approximate surface area is 205 Å². The molecule has 6 nitrogen and oxygen atoms in total. The van der Waals surface area contributed by atoms with Crippen LogP contribution < -0.4 is 15.0 Å². The Morgan fingerprint density at radius 2 is 1.91 bits per heavy atom. The summed E-state index contributed by atoms with van der Waals surface area (Å²) in [5.74, 6) is 0.158. The second kappa shape index (κ2) is 8.26. The second-order valence-electron chi connectivity index (χ2n) is 7.34. The van der Waals surface area contributed by atoms with Crippen molar-refractivity contribution in [3.05, 3.63) is 71.4 Å². The minimum Gasteiger partial charge on any atom is -0.308 e. The van der Waals surface area contributed by atoms with Gasteiger partial charge in [-0.25, -0.2) is 0 Å². The van der Waals surface area contributed by atoms with Crippen LogP contribution in [0.5, 0.6) is 0 Å². The van der Waals surface area contributed by atoms with E-state index in [0.29, 0.717) is 43.0 Å². The molecule has 4 aromatic rings. The van der Waals surface area contributed by atoms with Crippen molar-refractivity contribution in [1.29, 1.82) is 0 Å². The van der Waals surface area contributed by atoms with Gasteiger partial charge < -0.3 is 4.90 Å². The molecule has 1 aliphatic rings. The molecule has 32 heavy (non-hydrogen) atoms. The van der Waals surface area contributed by atoms with Crippen molar-refractivity contribution in [1.82, 2.24) is 14.6 Å². The Kier molecular flexibility index (Phi) is 5.57. The largest absolute Gasteiger partial charge is 0.308 e. The summed E-state index contributed by atoms with van der Waals surface area (Å²) in [6, 6.07) is 10.7. The van der Waals surface area contributed by atoms with Crippen molar-refractivity contribution in [3.8, 4) is 11.4 Å². The molecule has 0 saturated carbocycles. The molecule has 2 aromatic heterocycles. The van der Waals surface area contributed by atoms with Crippen LogP contribution in [0.25, 0.3) is 21.9 Å². The number of anilines is 1. The van der Waals surface area contributed by atoms with Crippen LogP contribution in [0.4, 0.5) is 5.69 Å².